The Kier molecular flexibility index (Phi) is 4.05. The minimum absolute atomic E-state index is 0.117. The van der Waals surface area contributed by atoms with Crippen molar-refractivity contribution in [1.29, 1.82) is 0 Å². The molecule has 0 aliphatic carbocycles. The van der Waals surface area contributed by atoms with Crippen LogP contribution in [0.15, 0.2) is 10.8 Å². The maximum absolute atomic E-state index is 11.8. The SMILES string of the molecule is CC(=O)Nc1nc(C(=O)Nc2nc(C(=O)O)cs2)cs1. The molecule has 0 saturated carbocycles. The number of carbonyl (C=O) groups excluding carboxylic acids is 2. The van der Waals surface area contributed by atoms with Crippen molar-refractivity contribution in [2.45, 2.75) is 6.92 Å². The largest absolute Gasteiger partial charge is 0.476 e. The van der Waals surface area contributed by atoms with Gasteiger partial charge in [-0.3, -0.25) is 14.9 Å². The Morgan fingerprint density at radius 3 is 2.15 bits per heavy atom. The highest BCUT2D eigenvalue weighted by molar-refractivity contribution is 7.14. The number of carboxylic acids is 1. The van der Waals surface area contributed by atoms with E-state index in [2.05, 4.69) is 20.6 Å². The van der Waals surface area contributed by atoms with Gasteiger partial charge in [0, 0.05) is 17.7 Å². The molecule has 0 unspecified atom stereocenters. The topological polar surface area (TPSA) is 121 Å². The number of thiazole rings is 2. The van der Waals surface area contributed by atoms with E-state index in [1.807, 2.05) is 0 Å². The number of aromatic carboxylic acids is 1. The monoisotopic (exact) mass is 312 g/mol. The standard InChI is InChI=1S/C10H8N4O4S2/c1-4(15)11-9-12-5(2-19-9)7(16)14-10-13-6(3-20-10)8(17)18/h2-3H,1H3,(H,17,18)(H,11,12,15)(H,13,14,16). The van der Waals surface area contributed by atoms with Crippen LogP contribution in [0.4, 0.5) is 10.3 Å². The van der Waals surface area contributed by atoms with Gasteiger partial charge in [-0.25, -0.2) is 14.8 Å². The Morgan fingerprint density at radius 1 is 1.05 bits per heavy atom. The van der Waals surface area contributed by atoms with Crippen LogP contribution in [0.2, 0.25) is 0 Å². The van der Waals surface area contributed by atoms with Crippen molar-refractivity contribution < 1.29 is 19.5 Å². The molecule has 2 amide bonds. The van der Waals surface area contributed by atoms with Gasteiger partial charge >= 0.3 is 5.97 Å². The average Bonchev–Trinajstić information content (AvgIpc) is 2.97. The predicted octanol–water partition coefficient (Wildman–Crippen LogP) is 1.51. The third-order valence-corrected chi connectivity index (χ3v) is 3.48. The van der Waals surface area contributed by atoms with Gasteiger partial charge in [0.2, 0.25) is 5.91 Å². The Morgan fingerprint density at radius 2 is 1.60 bits per heavy atom. The van der Waals surface area contributed by atoms with E-state index in [0.717, 1.165) is 22.7 Å². The normalized spacial score (nSPS) is 10.1. The number of carboxylic acid groups (broad SMARTS) is 1. The van der Waals surface area contributed by atoms with E-state index in [1.165, 1.54) is 17.7 Å². The van der Waals surface area contributed by atoms with E-state index in [0.29, 0.717) is 5.13 Å². The van der Waals surface area contributed by atoms with E-state index >= 15 is 0 Å². The molecule has 2 rings (SSSR count). The van der Waals surface area contributed by atoms with Crippen LogP contribution in [0.5, 0.6) is 0 Å². The highest BCUT2D eigenvalue weighted by Gasteiger charge is 2.15. The Hall–Kier alpha value is -2.33. The summed E-state index contributed by atoms with van der Waals surface area (Å²) in [6, 6.07) is 0. The number of hydrogen-bond donors (Lipinski definition) is 3. The van der Waals surface area contributed by atoms with Crippen LogP contribution in [-0.4, -0.2) is 32.9 Å². The fourth-order valence-corrected chi connectivity index (χ4v) is 2.59. The lowest BCUT2D eigenvalue weighted by Crippen LogP contribution is -2.13. The van der Waals surface area contributed by atoms with Gasteiger partial charge in [-0.2, -0.15) is 0 Å². The first-order valence-corrected chi connectivity index (χ1v) is 6.95. The van der Waals surface area contributed by atoms with E-state index in [-0.39, 0.29) is 22.4 Å². The molecule has 2 aromatic heterocycles. The van der Waals surface area contributed by atoms with Gasteiger partial charge in [0.05, 0.1) is 0 Å². The van der Waals surface area contributed by atoms with Gasteiger partial charge in [-0.15, -0.1) is 22.7 Å². The lowest BCUT2D eigenvalue weighted by Gasteiger charge is -1.97. The summed E-state index contributed by atoms with van der Waals surface area (Å²) in [6.45, 7) is 1.34. The molecule has 0 atom stereocenters. The number of nitrogens with zero attached hydrogens (tertiary/aromatic N) is 2. The van der Waals surface area contributed by atoms with Crippen LogP contribution in [0.1, 0.15) is 27.9 Å². The molecule has 2 heterocycles. The van der Waals surface area contributed by atoms with Crippen molar-refractivity contribution in [3.63, 3.8) is 0 Å². The van der Waals surface area contributed by atoms with E-state index in [1.54, 1.807) is 0 Å². The molecule has 20 heavy (non-hydrogen) atoms. The molecule has 0 aliphatic heterocycles. The van der Waals surface area contributed by atoms with Gasteiger partial charge in [-0.05, 0) is 0 Å². The van der Waals surface area contributed by atoms with E-state index < -0.39 is 11.9 Å². The first kappa shape index (κ1) is 14.1. The molecule has 0 fully saturated rings. The summed E-state index contributed by atoms with van der Waals surface area (Å²) < 4.78 is 0. The highest BCUT2D eigenvalue weighted by Crippen LogP contribution is 2.19. The predicted molar refractivity (Wildman–Crippen MR) is 73.4 cm³/mol. The third kappa shape index (κ3) is 3.36. The molecular formula is C10H8N4O4S2. The van der Waals surface area contributed by atoms with Crippen LogP contribution in [0.25, 0.3) is 0 Å². The zero-order valence-electron chi connectivity index (χ0n) is 10.0. The second kappa shape index (κ2) is 5.75. The Balaban J connectivity index is 2.05. The molecule has 0 spiro atoms. The average molecular weight is 312 g/mol. The first-order chi connectivity index (χ1) is 9.45. The van der Waals surface area contributed by atoms with Crippen molar-refractivity contribution in [2.24, 2.45) is 0 Å². The quantitative estimate of drug-likeness (QED) is 0.786. The smallest absolute Gasteiger partial charge is 0.355 e. The maximum atomic E-state index is 11.8. The summed E-state index contributed by atoms with van der Waals surface area (Å²) in [5, 5.41) is 16.9. The molecule has 0 saturated heterocycles. The van der Waals surface area contributed by atoms with Crippen molar-refractivity contribution in [1.82, 2.24) is 9.97 Å². The van der Waals surface area contributed by atoms with Gasteiger partial charge < -0.3 is 10.4 Å². The Labute approximate surface area is 120 Å². The van der Waals surface area contributed by atoms with Crippen molar-refractivity contribution in [2.75, 3.05) is 10.6 Å². The van der Waals surface area contributed by atoms with Crippen LogP contribution in [0.3, 0.4) is 0 Å². The highest BCUT2D eigenvalue weighted by atomic mass is 32.1. The van der Waals surface area contributed by atoms with E-state index in [9.17, 15) is 14.4 Å². The van der Waals surface area contributed by atoms with Crippen LogP contribution >= 0.6 is 22.7 Å². The van der Waals surface area contributed by atoms with Gasteiger partial charge in [0.1, 0.15) is 5.69 Å². The molecule has 8 nitrogen and oxygen atoms in total. The fraction of sp³-hybridized carbons (Fsp3) is 0.100. The molecule has 10 heteroatoms. The van der Waals surface area contributed by atoms with Crippen molar-refractivity contribution >= 4 is 50.7 Å². The van der Waals surface area contributed by atoms with Crippen LogP contribution in [-0.2, 0) is 4.79 Å². The molecule has 0 bridgehead atoms. The molecule has 3 N–H and O–H groups in total. The summed E-state index contributed by atoms with van der Waals surface area (Å²) in [4.78, 5) is 41.0. The molecule has 0 aliphatic rings. The zero-order chi connectivity index (χ0) is 14.7. The lowest BCUT2D eigenvalue weighted by atomic mass is 10.4. The molecule has 2 aromatic rings. The Bertz CT molecular complexity index is 678. The number of aromatic nitrogens is 2. The third-order valence-electron chi connectivity index (χ3n) is 1.96. The first-order valence-electron chi connectivity index (χ1n) is 5.19. The minimum Gasteiger partial charge on any atom is -0.476 e. The summed E-state index contributed by atoms with van der Waals surface area (Å²) in [5.74, 6) is -1.97. The minimum atomic E-state index is -1.16. The van der Waals surface area contributed by atoms with Crippen molar-refractivity contribution in [3.05, 3.63) is 22.1 Å². The molecule has 0 radical (unpaired) electrons. The number of rotatable bonds is 4. The van der Waals surface area contributed by atoms with Gasteiger partial charge in [0.25, 0.3) is 5.91 Å². The zero-order valence-corrected chi connectivity index (χ0v) is 11.7. The number of amides is 2. The second-order valence-corrected chi connectivity index (χ2v) is 5.23. The van der Waals surface area contributed by atoms with Crippen LogP contribution in [0, 0.1) is 0 Å². The molecular weight excluding hydrogens is 304 g/mol. The summed E-state index contributed by atoms with van der Waals surface area (Å²) in [5.41, 5.74) is -0.0201. The van der Waals surface area contributed by atoms with Crippen molar-refractivity contribution in [3.8, 4) is 0 Å². The maximum Gasteiger partial charge on any atom is 0.355 e. The van der Waals surface area contributed by atoms with Gasteiger partial charge in [-0.1, -0.05) is 0 Å². The summed E-state index contributed by atoms with van der Waals surface area (Å²) >= 11 is 2.11. The molecule has 0 aromatic carbocycles. The summed E-state index contributed by atoms with van der Waals surface area (Å²) in [7, 11) is 0. The van der Waals surface area contributed by atoms with Crippen LogP contribution < -0.4 is 10.6 Å². The summed E-state index contributed by atoms with van der Waals surface area (Å²) in [6.07, 6.45) is 0. The molecule has 104 valence electrons. The fourth-order valence-electron chi connectivity index (χ4n) is 1.18. The second-order valence-electron chi connectivity index (χ2n) is 3.52. The number of carbonyl (C=O) groups is 3. The number of anilines is 2. The lowest BCUT2D eigenvalue weighted by molar-refractivity contribution is -0.114. The van der Waals surface area contributed by atoms with Gasteiger partial charge in [0.15, 0.2) is 16.0 Å². The number of nitrogens with one attached hydrogen (secondary N) is 2. The number of hydrogen-bond acceptors (Lipinski definition) is 7. The van der Waals surface area contributed by atoms with E-state index in [4.69, 9.17) is 5.11 Å².